The van der Waals surface area contributed by atoms with E-state index in [9.17, 15) is 18.0 Å². The number of hydrogen-bond donors (Lipinski definition) is 1. The van der Waals surface area contributed by atoms with Crippen LogP contribution in [0.25, 0.3) is 6.08 Å². The van der Waals surface area contributed by atoms with Gasteiger partial charge in [0.2, 0.25) is 16.0 Å². The Bertz CT molecular complexity index is 1570. The van der Waals surface area contributed by atoms with E-state index >= 15 is 0 Å². The van der Waals surface area contributed by atoms with Crippen molar-refractivity contribution in [2.75, 3.05) is 43.0 Å². The first kappa shape index (κ1) is 25.5. The molecule has 0 aliphatic carbocycles. The summed E-state index contributed by atoms with van der Waals surface area (Å²) in [5.74, 6) is 0.735. The summed E-state index contributed by atoms with van der Waals surface area (Å²) in [6, 6.07) is 20.3. The van der Waals surface area contributed by atoms with Crippen LogP contribution in [0.5, 0.6) is 0 Å². The predicted octanol–water partition coefficient (Wildman–Crippen LogP) is 2.95. The van der Waals surface area contributed by atoms with Crippen molar-refractivity contribution in [2.45, 2.75) is 11.4 Å². The molecule has 39 heavy (non-hydrogen) atoms. The number of benzene rings is 2. The first-order valence-corrected chi connectivity index (χ1v) is 14.7. The zero-order valence-electron chi connectivity index (χ0n) is 21.1. The minimum atomic E-state index is -3.51. The number of nitrogens with zero attached hydrogens (tertiary/aromatic N) is 5. The van der Waals surface area contributed by atoms with Crippen LogP contribution in [0.15, 0.2) is 76.5 Å². The quantitative estimate of drug-likeness (QED) is 0.434. The second-order valence-corrected chi connectivity index (χ2v) is 13.0. The van der Waals surface area contributed by atoms with Gasteiger partial charge in [-0.05, 0) is 35.5 Å². The van der Waals surface area contributed by atoms with Crippen LogP contribution in [-0.2, 0) is 21.4 Å². The fraction of sp³-hybridized carbons (Fsp3) is 0.259. The predicted molar refractivity (Wildman–Crippen MR) is 150 cm³/mol. The molecule has 0 radical (unpaired) electrons. The Labute approximate surface area is 230 Å². The molecule has 200 valence electrons. The summed E-state index contributed by atoms with van der Waals surface area (Å²) in [7, 11) is -1.57. The van der Waals surface area contributed by atoms with Crippen molar-refractivity contribution in [3.63, 3.8) is 0 Å². The second-order valence-electron chi connectivity index (χ2n) is 10.1. The van der Waals surface area contributed by atoms with Gasteiger partial charge in [-0.3, -0.25) is 14.9 Å². The molecule has 0 bridgehead atoms. The lowest BCUT2D eigenvalue weighted by Gasteiger charge is -2.59. The van der Waals surface area contributed by atoms with Gasteiger partial charge in [-0.2, -0.15) is 9.29 Å². The molecule has 0 atom stereocenters. The van der Waals surface area contributed by atoms with Crippen LogP contribution in [0.3, 0.4) is 0 Å². The molecule has 1 spiro atoms. The van der Waals surface area contributed by atoms with Crippen molar-refractivity contribution in [1.82, 2.24) is 19.6 Å². The first-order valence-electron chi connectivity index (χ1n) is 12.4. The Kier molecular flexibility index (Phi) is 6.40. The van der Waals surface area contributed by atoms with E-state index in [4.69, 9.17) is 4.98 Å². The normalized spacial score (nSPS) is 19.6. The molecule has 4 heterocycles. The topological polar surface area (TPSA) is 116 Å². The Morgan fingerprint density at radius 3 is 2.31 bits per heavy atom. The number of thioether (sulfide) groups is 1. The summed E-state index contributed by atoms with van der Waals surface area (Å²) >= 11 is 0.844. The Hall–Kier alpha value is -3.74. The van der Waals surface area contributed by atoms with Crippen molar-refractivity contribution >= 4 is 50.8 Å². The van der Waals surface area contributed by atoms with Crippen molar-refractivity contribution in [3.8, 4) is 0 Å². The van der Waals surface area contributed by atoms with Gasteiger partial charge in [-0.15, -0.1) is 0 Å². The van der Waals surface area contributed by atoms with E-state index in [2.05, 4.69) is 10.3 Å². The fourth-order valence-corrected chi connectivity index (χ4v) is 7.42. The molecule has 0 unspecified atom stereocenters. The lowest BCUT2D eigenvalue weighted by atomic mass is 9.74. The minimum absolute atomic E-state index is 0.136. The Balaban J connectivity index is 1.21. The van der Waals surface area contributed by atoms with Gasteiger partial charge in [-0.25, -0.2) is 13.4 Å². The number of rotatable bonds is 7. The summed E-state index contributed by atoms with van der Waals surface area (Å²) in [5, 5.41) is 1.86. The molecular weight excluding hydrogens is 536 g/mol. The number of anilines is 2. The zero-order chi connectivity index (χ0) is 27.2. The molecule has 3 aliphatic heterocycles. The van der Waals surface area contributed by atoms with Crippen molar-refractivity contribution in [1.29, 1.82) is 0 Å². The summed E-state index contributed by atoms with van der Waals surface area (Å²) < 4.78 is 27.4. The summed E-state index contributed by atoms with van der Waals surface area (Å²) in [6.45, 7) is 2.78. The second kappa shape index (κ2) is 9.78. The van der Waals surface area contributed by atoms with Gasteiger partial charge in [-0.1, -0.05) is 48.5 Å². The number of amides is 2. The maximum Gasteiger partial charge on any atom is 0.290 e. The van der Waals surface area contributed by atoms with Crippen LogP contribution < -0.4 is 15.1 Å². The van der Waals surface area contributed by atoms with E-state index in [0.29, 0.717) is 55.1 Å². The van der Waals surface area contributed by atoms with E-state index in [1.807, 2.05) is 47.2 Å². The van der Waals surface area contributed by atoms with Crippen LogP contribution in [0.2, 0.25) is 0 Å². The van der Waals surface area contributed by atoms with Crippen molar-refractivity contribution < 1.29 is 18.0 Å². The van der Waals surface area contributed by atoms with Gasteiger partial charge < -0.3 is 9.80 Å². The van der Waals surface area contributed by atoms with E-state index in [0.717, 1.165) is 17.3 Å². The summed E-state index contributed by atoms with van der Waals surface area (Å²) in [6.07, 6.45) is 1.60. The molecule has 10 nitrogen and oxygen atoms in total. The smallest absolute Gasteiger partial charge is 0.290 e. The third-order valence-electron chi connectivity index (χ3n) is 7.04. The molecule has 2 aromatic carbocycles. The van der Waals surface area contributed by atoms with Gasteiger partial charge in [0.1, 0.15) is 5.82 Å². The van der Waals surface area contributed by atoms with Gasteiger partial charge in [0.15, 0.2) is 0 Å². The van der Waals surface area contributed by atoms with Gasteiger partial charge in [0.05, 0.1) is 15.5 Å². The highest BCUT2D eigenvalue weighted by atomic mass is 32.2. The van der Waals surface area contributed by atoms with Crippen LogP contribution in [0.1, 0.15) is 11.3 Å². The van der Waals surface area contributed by atoms with E-state index in [1.54, 1.807) is 42.5 Å². The molecule has 2 amide bonds. The highest BCUT2D eigenvalue weighted by Gasteiger charge is 2.56. The third-order valence-corrected chi connectivity index (χ3v) is 9.65. The van der Waals surface area contributed by atoms with Crippen LogP contribution in [0, 0.1) is 5.41 Å². The standard InChI is InChI=1S/C27H26N6O4S2/c1-31(14-19-8-4-2-5-9-19)23-13-20(12-22-24(34)30-26(35)38-22)28-25(29-23)32-15-27(16-32)17-33(18-27)39(36,37)21-10-6-3-7-11-21/h2-13H,14-18H2,1H3,(H,30,34,35). The molecular formula is C27H26N6O4S2. The highest BCUT2D eigenvalue weighted by molar-refractivity contribution is 8.18. The fourth-order valence-electron chi connectivity index (χ4n) is 5.06. The molecule has 3 aromatic rings. The molecule has 0 saturated carbocycles. The van der Waals surface area contributed by atoms with Crippen LogP contribution in [-0.4, -0.2) is 67.1 Å². The number of carbonyl (C=O) groups is 2. The maximum atomic E-state index is 12.9. The van der Waals surface area contributed by atoms with E-state index < -0.39 is 21.2 Å². The monoisotopic (exact) mass is 562 g/mol. The number of carbonyl (C=O) groups excluding carboxylic acids is 2. The van der Waals surface area contributed by atoms with Gasteiger partial charge in [0, 0.05) is 51.3 Å². The number of aromatic nitrogens is 2. The summed E-state index contributed by atoms with van der Waals surface area (Å²) in [4.78, 5) is 37.9. The van der Waals surface area contributed by atoms with Gasteiger partial charge in [0.25, 0.3) is 11.1 Å². The Morgan fingerprint density at radius 2 is 1.67 bits per heavy atom. The highest BCUT2D eigenvalue weighted by Crippen LogP contribution is 2.43. The van der Waals surface area contributed by atoms with Crippen LogP contribution >= 0.6 is 11.8 Å². The Morgan fingerprint density at radius 1 is 1.00 bits per heavy atom. The third kappa shape index (κ3) is 5.02. The number of hydrogen-bond acceptors (Lipinski definition) is 9. The molecule has 3 fully saturated rings. The number of sulfonamides is 1. The molecule has 6 rings (SSSR count). The first-order chi connectivity index (χ1) is 18.7. The number of nitrogens with one attached hydrogen (secondary N) is 1. The van der Waals surface area contributed by atoms with Crippen molar-refractivity contribution in [3.05, 3.63) is 82.9 Å². The van der Waals surface area contributed by atoms with E-state index in [1.165, 1.54) is 4.31 Å². The molecule has 12 heteroatoms. The summed E-state index contributed by atoms with van der Waals surface area (Å²) in [5.41, 5.74) is 1.50. The number of imide groups is 1. The molecule has 3 aliphatic rings. The lowest BCUT2D eigenvalue weighted by molar-refractivity contribution is -0.115. The maximum absolute atomic E-state index is 12.9. The SMILES string of the molecule is CN(Cc1ccccc1)c1cc(C=C2SC(=O)NC2=O)nc(N2CC3(C2)CN(S(=O)(=O)c2ccccc2)C3)n1. The van der Waals surface area contributed by atoms with E-state index in [-0.39, 0.29) is 10.3 Å². The average Bonchev–Trinajstić information content (AvgIpc) is 3.19. The molecule has 3 saturated heterocycles. The minimum Gasteiger partial charge on any atom is -0.355 e. The van der Waals surface area contributed by atoms with Gasteiger partial charge >= 0.3 is 0 Å². The zero-order valence-corrected chi connectivity index (χ0v) is 22.8. The van der Waals surface area contributed by atoms with Crippen molar-refractivity contribution in [2.24, 2.45) is 5.41 Å². The van der Waals surface area contributed by atoms with Crippen LogP contribution in [0.4, 0.5) is 16.6 Å². The molecule has 1 aromatic heterocycles. The average molecular weight is 563 g/mol. The molecule has 1 N–H and O–H groups in total. The largest absolute Gasteiger partial charge is 0.355 e. The lowest BCUT2D eigenvalue weighted by Crippen LogP contribution is -2.73.